The van der Waals surface area contributed by atoms with E-state index in [9.17, 15) is 0 Å². The van der Waals surface area contributed by atoms with Crippen LogP contribution in [-0.4, -0.2) is 16.2 Å². The largest absolute Gasteiger partial charge is 0.543 e. The number of rotatable bonds is 5. The average molecular weight is 260 g/mol. The Labute approximate surface area is 114 Å². The molecule has 1 rings (SSSR count). The summed E-state index contributed by atoms with van der Waals surface area (Å²) in [5.74, 6) is 0.965. The van der Waals surface area contributed by atoms with E-state index in [1.165, 1.54) is 0 Å². The summed E-state index contributed by atoms with van der Waals surface area (Å²) in [4.78, 5) is 0. The summed E-state index contributed by atoms with van der Waals surface area (Å²) in [5.41, 5.74) is 2.56. The summed E-state index contributed by atoms with van der Waals surface area (Å²) in [6, 6.07) is 7.80. The molecule has 98 valence electrons. The van der Waals surface area contributed by atoms with Crippen molar-refractivity contribution in [2.75, 3.05) is 0 Å². The fourth-order valence-corrected chi connectivity index (χ4v) is 8.34. The van der Waals surface area contributed by atoms with Crippen molar-refractivity contribution < 1.29 is 4.43 Å². The molecule has 0 aliphatic heterocycles. The van der Waals surface area contributed by atoms with E-state index in [2.05, 4.69) is 41.5 Å². The van der Waals surface area contributed by atoms with E-state index in [-0.39, 0.29) is 0 Å². The van der Waals surface area contributed by atoms with E-state index in [1.54, 1.807) is 0 Å². The summed E-state index contributed by atoms with van der Waals surface area (Å²) in [6.45, 7) is 13.8. The molecule has 1 aromatic carbocycles. The van der Waals surface area contributed by atoms with E-state index in [1.807, 2.05) is 24.3 Å². The topological polar surface area (TPSA) is 9.23 Å². The molecule has 0 aliphatic carbocycles. The Morgan fingerprint density at radius 3 is 1.56 bits per heavy atom. The monoisotopic (exact) mass is 260 g/mol. The highest BCUT2D eigenvalue weighted by Crippen LogP contribution is 2.42. The number of benzene rings is 1. The van der Waals surface area contributed by atoms with Gasteiger partial charge in [0.05, 0.1) is 0 Å². The van der Waals surface area contributed by atoms with Crippen molar-refractivity contribution >= 4 is 21.6 Å². The fourth-order valence-electron chi connectivity index (χ4n) is 3.09. The minimum absolute atomic E-state index is 0.593. The molecule has 1 aromatic rings. The second-order valence-corrected chi connectivity index (χ2v) is 11.4. The first-order valence-corrected chi connectivity index (χ1v) is 8.99. The van der Waals surface area contributed by atoms with Gasteiger partial charge in [-0.2, -0.15) is 0 Å². The van der Waals surface area contributed by atoms with Crippen molar-refractivity contribution in [2.24, 2.45) is 0 Å². The highest BCUT2D eigenvalue weighted by Gasteiger charge is 2.46. The SMILES string of the molecule is [B]c1ccc(O[Si](C(C)C)(C(C)C)C(C)C)cc1. The summed E-state index contributed by atoms with van der Waals surface area (Å²) in [5, 5.41) is 0. The van der Waals surface area contributed by atoms with E-state index < -0.39 is 8.32 Å². The van der Waals surface area contributed by atoms with E-state index in [0.717, 1.165) is 11.2 Å². The molecule has 0 spiro atoms. The third kappa shape index (κ3) is 3.00. The third-order valence-corrected chi connectivity index (χ3v) is 9.89. The molecule has 3 heteroatoms. The molecule has 0 aromatic heterocycles. The Kier molecular flexibility index (Phi) is 5.09. The molecule has 0 atom stereocenters. The van der Waals surface area contributed by atoms with E-state index >= 15 is 0 Å². The molecular weight excluding hydrogens is 235 g/mol. The van der Waals surface area contributed by atoms with Crippen LogP contribution in [0.4, 0.5) is 0 Å². The normalized spacial score (nSPS) is 12.5. The van der Waals surface area contributed by atoms with Gasteiger partial charge in [-0.15, -0.1) is 0 Å². The number of hydrogen-bond donors (Lipinski definition) is 0. The zero-order valence-corrected chi connectivity index (χ0v) is 13.5. The Hall–Kier alpha value is -0.698. The number of hydrogen-bond acceptors (Lipinski definition) is 1. The maximum atomic E-state index is 6.52. The molecule has 18 heavy (non-hydrogen) atoms. The zero-order chi connectivity index (χ0) is 13.9. The van der Waals surface area contributed by atoms with Gasteiger partial charge in [0, 0.05) is 0 Å². The first kappa shape index (κ1) is 15.4. The van der Waals surface area contributed by atoms with Gasteiger partial charge in [0.1, 0.15) is 13.6 Å². The first-order valence-electron chi connectivity index (χ1n) is 6.85. The lowest BCUT2D eigenvalue weighted by molar-refractivity contribution is 0.480. The van der Waals surface area contributed by atoms with Gasteiger partial charge < -0.3 is 4.43 Å². The molecule has 0 saturated carbocycles. The van der Waals surface area contributed by atoms with E-state index in [0.29, 0.717) is 16.6 Å². The first-order chi connectivity index (χ1) is 8.30. The van der Waals surface area contributed by atoms with Crippen LogP contribution in [0.2, 0.25) is 16.6 Å². The van der Waals surface area contributed by atoms with E-state index in [4.69, 9.17) is 12.3 Å². The highest BCUT2D eigenvalue weighted by molar-refractivity contribution is 6.78. The quantitative estimate of drug-likeness (QED) is 0.726. The molecule has 1 nitrogen and oxygen atoms in total. The lowest BCUT2D eigenvalue weighted by atomic mass is 9.97. The van der Waals surface area contributed by atoms with Crippen molar-refractivity contribution in [3.05, 3.63) is 24.3 Å². The second kappa shape index (κ2) is 5.96. The van der Waals surface area contributed by atoms with Gasteiger partial charge in [-0.25, -0.2) is 0 Å². The van der Waals surface area contributed by atoms with Gasteiger partial charge in [0.15, 0.2) is 0 Å². The lowest BCUT2D eigenvalue weighted by Gasteiger charge is -2.42. The minimum Gasteiger partial charge on any atom is -0.543 e. The lowest BCUT2D eigenvalue weighted by Crippen LogP contribution is -2.50. The zero-order valence-electron chi connectivity index (χ0n) is 12.5. The van der Waals surface area contributed by atoms with Crippen LogP contribution < -0.4 is 9.89 Å². The molecule has 0 saturated heterocycles. The van der Waals surface area contributed by atoms with Crippen LogP contribution >= 0.6 is 0 Å². The van der Waals surface area contributed by atoms with Crippen molar-refractivity contribution in [1.82, 2.24) is 0 Å². The van der Waals surface area contributed by atoms with Gasteiger partial charge in [-0.05, 0) is 28.8 Å². The molecule has 2 radical (unpaired) electrons. The second-order valence-electron chi connectivity index (χ2n) is 5.99. The fraction of sp³-hybridized carbons (Fsp3) is 0.600. The summed E-state index contributed by atoms with van der Waals surface area (Å²) in [7, 11) is 3.90. The predicted molar refractivity (Wildman–Crippen MR) is 83.5 cm³/mol. The van der Waals surface area contributed by atoms with Crippen LogP contribution in [0.1, 0.15) is 41.5 Å². The minimum atomic E-state index is -1.83. The Morgan fingerprint density at radius 2 is 1.22 bits per heavy atom. The molecule has 0 bridgehead atoms. The molecule has 0 amide bonds. The van der Waals surface area contributed by atoms with Crippen molar-refractivity contribution in [1.29, 1.82) is 0 Å². The standard InChI is InChI=1S/C15H25BOSi/c1-11(2)18(12(3)4,13(5)6)17-15-9-7-14(16)8-10-15/h7-13H,1-6H3. The summed E-state index contributed by atoms with van der Waals surface area (Å²) >= 11 is 0. The van der Waals surface area contributed by atoms with Crippen LogP contribution in [0.3, 0.4) is 0 Å². The molecule has 0 heterocycles. The van der Waals surface area contributed by atoms with Crippen molar-refractivity contribution in [3.63, 3.8) is 0 Å². The van der Waals surface area contributed by atoms with Crippen LogP contribution in [0, 0.1) is 0 Å². The summed E-state index contributed by atoms with van der Waals surface area (Å²) in [6.07, 6.45) is 0. The van der Waals surface area contributed by atoms with Crippen LogP contribution in [0.25, 0.3) is 0 Å². The summed E-state index contributed by atoms with van der Waals surface area (Å²) < 4.78 is 6.52. The van der Waals surface area contributed by atoms with Gasteiger partial charge in [0.25, 0.3) is 8.32 Å². The molecule has 0 fully saturated rings. The van der Waals surface area contributed by atoms with Crippen molar-refractivity contribution in [2.45, 2.75) is 58.2 Å². The van der Waals surface area contributed by atoms with Crippen LogP contribution in [-0.2, 0) is 0 Å². The van der Waals surface area contributed by atoms with Gasteiger partial charge >= 0.3 is 0 Å². The maximum absolute atomic E-state index is 6.52. The van der Waals surface area contributed by atoms with Crippen LogP contribution in [0.5, 0.6) is 5.75 Å². The van der Waals surface area contributed by atoms with Crippen LogP contribution in [0.15, 0.2) is 24.3 Å². The average Bonchev–Trinajstić information content (AvgIpc) is 2.26. The Morgan fingerprint density at radius 1 is 0.833 bits per heavy atom. The molecule has 0 aliphatic rings. The Balaban J connectivity index is 3.08. The Bertz CT molecular complexity index is 349. The maximum Gasteiger partial charge on any atom is 0.258 e. The smallest absolute Gasteiger partial charge is 0.258 e. The molecule has 0 unspecified atom stereocenters. The highest BCUT2D eigenvalue weighted by atomic mass is 28.4. The molecule has 0 N–H and O–H groups in total. The van der Waals surface area contributed by atoms with Crippen molar-refractivity contribution in [3.8, 4) is 5.75 Å². The predicted octanol–water partition coefficient (Wildman–Crippen LogP) is 4.03. The van der Waals surface area contributed by atoms with Gasteiger partial charge in [-0.3, -0.25) is 0 Å². The third-order valence-electron chi connectivity index (χ3n) is 3.88. The van der Waals surface area contributed by atoms with Gasteiger partial charge in [0.2, 0.25) is 0 Å². The van der Waals surface area contributed by atoms with Gasteiger partial charge in [-0.1, -0.05) is 59.1 Å². The molecular formula is C15H25BOSi.